The number of fused-ring (bicyclic) bond motifs is 1. The molecular weight excluding hydrogens is 340 g/mol. The van der Waals surface area contributed by atoms with E-state index in [4.69, 9.17) is 4.74 Å². The number of aromatic nitrogens is 3. The molecule has 1 saturated carbocycles. The van der Waals surface area contributed by atoms with Crippen molar-refractivity contribution in [2.75, 3.05) is 11.9 Å². The lowest BCUT2D eigenvalue weighted by molar-refractivity contribution is -0.113. The Balaban J connectivity index is 1.35. The average Bonchev–Trinajstić information content (AvgIpc) is 3.44. The molecule has 3 aromatic rings. The first kappa shape index (κ1) is 15.8. The van der Waals surface area contributed by atoms with E-state index in [-0.39, 0.29) is 12.5 Å². The third-order valence-electron chi connectivity index (χ3n) is 4.77. The summed E-state index contributed by atoms with van der Waals surface area (Å²) in [6.07, 6.45) is 4.21. The van der Waals surface area contributed by atoms with Gasteiger partial charge in [0, 0.05) is 22.7 Å². The maximum atomic E-state index is 12.6. The Kier molecular flexibility index (Phi) is 3.74. The molecule has 6 nitrogen and oxygen atoms in total. The number of rotatable bonds is 4. The number of benzene rings is 2. The van der Waals surface area contributed by atoms with E-state index in [1.54, 1.807) is 0 Å². The molecule has 0 unspecified atom stereocenters. The van der Waals surface area contributed by atoms with Gasteiger partial charge in [-0.05, 0) is 37.1 Å². The van der Waals surface area contributed by atoms with Crippen molar-refractivity contribution < 1.29 is 9.53 Å². The van der Waals surface area contributed by atoms with Gasteiger partial charge < -0.3 is 10.1 Å². The Hall–Kier alpha value is -3.41. The van der Waals surface area contributed by atoms with E-state index in [9.17, 15) is 4.79 Å². The normalized spacial score (nSPS) is 15.5. The van der Waals surface area contributed by atoms with Gasteiger partial charge in [0.1, 0.15) is 18.2 Å². The number of hydrogen-bond acceptors (Lipinski definition) is 4. The third-order valence-corrected chi connectivity index (χ3v) is 4.77. The lowest BCUT2D eigenvalue weighted by Crippen LogP contribution is -2.21. The molecule has 2 N–H and O–H groups in total. The van der Waals surface area contributed by atoms with Crippen molar-refractivity contribution in [2.24, 2.45) is 0 Å². The maximum absolute atomic E-state index is 12.6. The second-order valence-electron chi connectivity index (χ2n) is 6.85. The number of H-pyrrole nitrogens is 1. The second kappa shape index (κ2) is 6.39. The van der Waals surface area contributed by atoms with Gasteiger partial charge in [0.15, 0.2) is 5.82 Å². The highest BCUT2D eigenvalue weighted by Crippen LogP contribution is 2.38. The molecule has 1 aromatic heterocycles. The van der Waals surface area contributed by atoms with Crippen LogP contribution < -0.4 is 10.1 Å². The Morgan fingerprint density at radius 3 is 2.93 bits per heavy atom. The molecule has 0 spiro atoms. The largest absolute Gasteiger partial charge is 0.488 e. The first-order valence-electron chi connectivity index (χ1n) is 9.03. The van der Waals surface area contributed by atoms with Crippen LogP contribution in [-0.2, 0) is 4.79 Å². The van der Waals surface area contributed by atoms with Crippen molar-refractivity contribution in [1.29, 1.82) is 0 Å². The number of aromatic amines is 1. The Morgan fingerprint density at radius 2 is 2.04 bits per heavy atom. The Morgan fingerprint density at radius 1 is 1.15 bits per heavy atom. The van der Waals surface area contributed by atoms with Gasteiger partial charge >= 0.3 is 0 Å². The van der Waals surface area contributed by atoms with Crippen molar-refractivity contribution in [2.45, 2.75) is 18.8 Å². The van der Waals surface area contributed by atoms with Crippen LogP contribution in [0.15, 0.2) is 54.1 Å². The van der Waals surface area contributed by atoms with Crippen LogP contribution in [0.3, 0.4) is 0 Å². The van der Waals surface area contributed by atoms with Crippen LogP contribution in [-0.4, -0.2) is 27.7 Å². The number of carbonyl (C=O) groups excluding carboxylic acids is 1. The first-order chi connectivity index (χ1) is 13.3. The van der Waals surface area contributed by atoms with E-state index < -0.39 is 0 Å². The molecule has 5 rings (SSSR count). The molecule has 6 heteroatoms. The summed E-state index contributed by atoms with van der Waals surface area (Å²) in [5.74, 6) is 2.75. The van der Waals surface area contributed by atoms with Crippen molar-refractivity contribution in [1.82, 2.24) is 15.2 Å². The van der Waals surface area contributed by atoms with Crippen LogP contribution in [0.25, 0.3) is 17.5 Å². The number of para-hydroxylation sites is 1. The van der Waals surface area contributed by atoms with E-state index in [1.165, 1.54) is 12.8 Å². The van der Waals surface area contributed by atoms with Crippen molar-refractivity contribution in [3.63, 3.8) is 0 Å². The Bertz CT molecular complexity index is 1050. The summed E-state index contributed by atoms with van der Waals surface area (Å²) in [5, 5.41) is 10.3. The van der Waals surface area contributed by atoms with Gasteiger partial charge in [0.25, 0.3) is 5.91 Å². The fraction of sp³-hybridized carbons (Fsp3) is 0.190. The van der Waals surface area contributed by atoms with Crippen LogP contribution in [0, 0.1) is 0 Å². The van der Waals surface area contributed by atoms with E-state index in [0.717, 1.165) is 22.7 Å². The summed E-state index contributed by atoms with van der Waals surface area (Å²) >= 11 is 0. The number of anilines is 1. The minimum absolute atomic E-state index is 0.171. The van der Waals surface area contributed by atoms with Crippen molar-refractivity contribution in [3.8, 4) is 17.1 Å². The predicted octanol–water partition coefficient (Wildman–Crippen LogP) is 3.76. The molecule has 2 aromatic carbocycles. The summed E-state index contributed by atoms with van der Waals surface area (Å²) in [6, 6.07) is 15.2. The van der Waals surface area contributed by atoms with Crippen LogP contribution in [0.4, 0.5) is 5.69 Å². The topological polar surface area (TPSA) is 79.9 Å². The zero-order chi connectivity index (χ0) is 18.2. The summed E-state index contributed by atoms with van der Waals surface area (Å²) in [5.41, 5.74) is 3.08. The minimum Gasteiger partial charge on any atom is -0.488 e. The molecule has 1 fully saturated rings. The fourth-order valence-electron chi connectivity index (χ4n) is 3.14. The average molecular weight is 358 g/mol. The lowest BCUT2D eigenvalue weighted by Gasteiger charge is -2.17. The van der Waals surface area contributed by atoms with Crippen LogP contribution in [0.1, 0.15) is 30.1 Å². The highest BCUT2D eigenvalue weighted by molar-refractivity contribution is 6.07. The molecule has 2 heterocycles. The van der Waals surface area contributed by atoms with Crippen LogP contribution in [0.2, 0.25) is 0 Å². The van der Waals surface area contributed by atoms with E-state index in [1.807, 2.05) is 54.6 Å². The monoisotopic (exact) mass is 358 g/mol. The molecule has 1 aliphatic heterocycles. The number of amides is 1. The quantitative estimate of drug-likeness (QED) is 0.744. The molecule has 1 aliphatic carbocycles. The second-order valence-corrected chi connectivity index (χ2v) is 6.85. The predicted molar refractivity (Wildman–Crippen MR) is 102 cm³/mol. The number of carbonyl (C=O) groups is 1. The number of nitrogens with one attached hydrogen (secondary N) is 2. The van der Waals surface area contributed by atoms with Gasteiger partial charge in [-0.2, -0.15) is 5.10 Å². The van der Waals surface area contributed by atoms with Gasteiger partial charge in [-0.1, -0.05) is 30.3 Å². The minimum atomic E-state index is -0.171. The molecule has 2 aliphatic rings. The van der Waals surface area contributed by atoms with E-state index in [0.29, 0.717) is 23.0 Å². The van der Waals surface area contributed by atoms with Gasteiger partial charge in [-0.25, -0.2) is 4.98 Å². The molecule has 0 bridgehead atoms. The number of hydrogen-bond donors (Lipinski definition) is 2. The third kappa shape index (κ3) is 3.21. The van der Waals surface area contributed by atoms with E-state index >= 15 is 0 Å². The first-order valence-corrected chi connectivity index (χ1v) is 9.03. The summed E-state index contributed by atoms with van der Waals surface area (Å²) < 4.78 is 5.67. The summed E-state index contributed by atoms with van der Waals surface area (Å²) in [6.45, 7) is 0.258. The molecule has 0 radical (unpaired) electrons. The highest BCUT2D eigenvalue weighted by Gasteiger charge is 2.27. The maximum Gasteiger partial charge on any atom is 0.255 e. The van der Waals surface area contributed by atoms with Gasteiger partial charge in [-0.15, -0.1) is 0 Å². The molecule has 0 saturated heterocycles. The number of nitrogens with zero attached hydrogens (tertiary/aromatic N) is 2. The van der Waals surface area contributed by atoms with Crippen LogP contribution in [0.5, 0.6) is 5.75 Å². The molecule has 134 valence electrons. The van der Waals surface area contributed by atoms with Gasteiger partial charge in [0.05, 0.1) is 5.57 Å². The summed E-state index contributed by atoms with van der Waals surface area (Å²) in [4.78, 5) is 17.2. The molecule has 27 heavy (non-hydrogen) atoms. The molecule has 0 atom stereocenters. The Labute approximate surface area is 156 Å². The van der Waals surface area contributed by atoms with E-state index in [2.05, 4.69) is 20.5 Å². The highest BCUT2D eigenvalue weighted by atomic mass is 16.5. The standard InChI is InChI=1S/C21H18N4O2/c26-21(16-10-14-4-1-2-7-18(14)27-12-16)22-17-6-3-5-15(11-17)20-23-19(24-25-20)13-8-9-13/h1-7,10-11,13H,8-9,12H2,(H,22,26)(H,23,24,25). The SMILES string of the molecule is O=C(Nc1cccc(-c2n[nH]c(C3CC3)n2)c1)C1=Cc2ccccc2OC1. The van der Waals surface area contributed by atoms with Gasteiger partial charge in [0.2, 0.25) is 0 Å². The lowest BCUT2D eigenvalue weighted by atomic mass is 10.1. The molecular formula is C21H18N4O2. The fourth-order valence-corrected chi connectivity index (χ4v) is 3.14. The van der Waals surface area contributed by atoms with Crippen molar-refractivity contribution in [3.05, 3.63) is 65.5 Å². The zero-order valence-electron chi connectivity index (χ0n) is 14.6. The van der Waals surface area contributed by atoms with Gasteiger partial charge in [-0.3, -0.25) is 9.89 Å². The zero-order valence-corrected chi connectivity index (χ0v) is 14.6. The molecule has 1 amide bonds. The summed E-state index contributed by atoms with van der Waals surface area (Å²) in [7, 11) is 0. The van der Waals surface area contributed by atoms with Crippen LogP contribution >= 0.6 is 0 Å². The smallest absolute Gasteiger partial charge is 0.255 e. The number of ether oxygens (including phenoxy) is 1. The van der Waals surface area contributed by atoms with Crippen molar-refractivity contribution >= 4 is 17.7 Å².